The van der Waals surface area contributed by atoms with Crippen molar-refractivity contribution in [2.24, 2.45) is 0 Å². The van der Waals surface area contributed by atoms with E-state index in [1.54, 1.807) is 6.92 Å². The number of hydrogen-bond donors (Lipinski definition) is 0. The molecular formula is C9H12ClN3O3. The third-order valence-electron chi connectivity index (χ3n) is 2.61. The summed E-state index contributed by atoms with van der Waals surface area (Å²) in [6, 6.07) is 0. The zero-order valence-corrected chi connectivity index (χ0v) is 9.61. The summed E-state index contributed by atoms with van der Waals surface area (Å²) in [5.41, 5.74) is 0.194. The molecule has 1 saturated heterocycles. The average Bonchev–Trinajstić information content (AvgIpc) is 2.55. The van der Waals surface area contributed by atoms with E-state index in [1.807, 2.05) is 0 Å². The number of aromatic nitrogens is 2. The van der Waals surface area contributed by atoms with Crippen LogP contribution in [0.5, 0.6) is 0 Å². The molecule has 7 heteroatoms. The Bertz CT molecular complexity index is 412. The Balaban J connectivity index is 2.34. The average molecular weight is 246 g/mol. The van der Waals surface area contributed by atoms with E-state index >= 15 is 0 Å². The van der Waals surface area contributed by atoms with Gasteiger partial charge in [-0.3, -0.25) is 10.1 Å². The lowest BCUT2D eigenvalue weighted by Crippen LogP contribution is -2.19. The smallest absolute Gasteiger partial charge is 0.328 e. The van der Waals surface area contributed by atoms with Gasteiger partial charge in [-0.25, -0.2) is 4.68 Å². The normalized spacial score (nSPS) is 21.0. The van der Waals surface area contributed by atoms with E-state index in [4.69, 9.17) is 16.3 Å². The number of halogens is 1. The third kappa shape index (κ3) is 1.90. The van der Waals surface area contributed by atoms with E-state index in [0.29, 0.717) is 12.3 Å². The predicted octanol–water partition coefficient (Wildman–Crippen LogP) is 2.45. The first-order valence-electron chi connectivity index (χ1n) is 5.12. The fraction of sp³-hybridized carbons (Fsp3) is 0.667. The first kappa shape index (κ1) is 11.3. The second-order valence-electron chi connectivity index (χ2n) is 3.75. The molecule has 0 bridgehead atoms. The topological polar surface area (TPSA) is 70.2 Å². The third-order valence-corrected chi connectivity index (χ3v) is 2.96. The van der Waals surface area contributed by atoms with E-state index in [0.717, 1.165) is 19.3 Å². The van der Waals surface area contributed by atoms with Crippen molar-refractivity contribution in [3.05, 3.63) is 21.0 Å². The van der Waals surface area contributed by atoms with Crippen LogP contribution in [0.25, 0.3) is 0 Å². The Morgan fingerprint density at radius 2 is 2.38 bits per heavy atom. The Morgan fingerprint density at radius 1 is 1.62 bits per heavy atom. The van der Waals surface area contributed by atoms with Crippen LogP contribution >= 0.6 is 11.6 Å². The van der Waals surface area contributed by atoms with Gasteiger partial charge in [0.25, 0.3) is 0 Å². The highest BCUT2D eigenvalue weighted by molar-refractivity contribution is 6.31. The molecule has 1 atom stereocenters. The number of rotatable bonds is 2. The molecule has 1 aliphatic rings. The molecule has 0 aliphatic carbocycles. The number of hydrogen-bond acceptors (Lipinski definition) is 4. The van der Waals surface area contributed by atoms with Crippen LogP contribution in [0.15, 0.2) is 0 Å². The molecule has 0 N–H and O–H groups in total. The van der Waals surface area contributed by atoms with E-state index in [9.17, 15) is 10.1 Å². The van der Waals surface area contributed by atoms with Crippen molar-refractivity contribution in [1.29, 1.82) is 0 Å². The van der Waals surface area contributed by atoms with Gasteiger partial charge in [0.05, 0.1) is 4.92 Å². The molecule has 0 radical (unpaired) electrons. The Morgan fingerprint density at radius 3 is 2.88 bits per heavy atom. The van der Waals surface area contributed by atoms with Crippen molar-refractivity contribution in [2.75, 3.05) is 6.61 Å². The van der Waals surface area contributed by atoms with E-state index in [-0.39, 0.29) is 17.1 Å². The van der Waals surface area contributed by atoms with Gasteiger partial charge in [-0.15, -0.1) is 0 Å². The van der Waals surface area contributed by atoms with Crippen LogP contribution in [0.3, 0.4) is 0 Å². The number of nitrogens with zero attached hydrogens (tertiary/aromatic N) is 3. The highest BCUT2D eigenvalue weighted by Gasteiger charge is 2.28. The summed E-state index contributed by atoms with van der Waals surface area (Å²) in [6.07, 6.45) is 2.55. The van der Waals surface area contributed by atoms with Gasteiger partial charge in [0.2, 0.25) is 5.15 Å². The molecule has 88 valence electrons. The van der Waals surface area contributed by atoms with Gasteiger partial charge < -0.3 is 4.74 Å². The SMILES string of the molecule is Cc1nn(C2CCCCO2)c(Cl)c1[N+](=O)[O-]. The minimum atomic E-state index is -0.510. The molecule has 1 unspecified atom stereocenters. The molecule has 0 saturated carbocycles. The zero-order chi connectivity index (χ0) is 11.7. The summed E-state index contributed by atoms with van der Waals surface area (Å²) < 4.78 is 6.90. The summed E-state index contributed by atoms with van der Waals surface area (Å²) in [4.78, 5) is 10.3. The molecule has 0 spiro atoms. The number of aryl methyl sites for hydroxylation is 1. The second-order valence-corrected chi connectivity index (χ2v) is 4.11. The minimum Gasteiger partial charge on any atom is -0.356 e. The van der Waals surface area contributed by atoms with Gasteiger partial charge in [-0.1, -0.05) is 11.6 Å². The van der Waals surface area contributed by atoms with Crippen LogP contribution in [0.1, 0.15) is 31.2 Å². The Hall–Kier alpha value is -1.14. The van der Waals surface area contributed by atoms with Crippen LogP contribution in [0.2, 0.25) is 5.15 Å². The molecule has 1 aliphatic heterocycles. The van der Waals surface area contributed by atoms with Gasteiger partial charge in [0, 0.05) is 6.61 Å². The molecular weight excluding hydrogens is 234 g/mol. The van der Waals surface area contributed by atoms with Crippen molar-refractivity contribution < 1.29 is 9.66 Å². The van der Waals surface area contributed by atoms with Crippen molar-refractivity contribution >= 4 is 17.3 Å². The largest absolute Gasteiger partial charge is 0.356 e. The summed E-state index contributed by atoms with van der Waals surface area (Å²) in [7, 11) is 0. The maximum Gasteiger partial charge on any atom is 0.328 e. The fourth-order valence-electron chi connectivity index (χ4n) is 1.83. The standard InChI is InChI=1S/C9H12ClN3O3/c1-6-8(13(14)15)9(10)12(11-6)7-4-2-3-5-16-7/h7H,2-5H2,1H3. The van der Waals surface area contributed by atoms with Crippen LogP contribution in [0, 0.1) is 17.0 Å². The highest BCUT2D eigenvalue weighted by atomic mass is 35.5. The molecule has 0 aromatic carbocycles. The molecule has 6 nitrogen and oxygen atoms in total. The first-order valence-corrected chi connectivity index (χ1v) is 5.49. The zero-order valence-electron chi connectivity index (χ0n) is 8.85. The van der Waals surface area contributed by atoms with Crippen molar-refractivity contribution in [3.63, 3.8) is 0 Å². The predicted molar refractivity (Wildman–Crippen MR) is 57.5 cm³/mol. The molecule has 1 fully saturated rings. The summed E-state index contributed by atoms with van der Waals surface area (Å²) in [5, 5.41) is 14.9. The van der Waals surface area contributed by atoms with Gasteiger partial charge in [0.15, 0.2) is 6.23 Å². The van der Waals surface area contributed by atoms with Gasteiger partial charge in [-0.05, 0) is 26.2 Å². The maximum atomic E-state index is 10.8. The van der Waals surface area contributed by atoms with Gasteiger partial charge >= 0.3 is 5.69 Å². The molecule has 0 amide bonds. The second kappa shape index (κ2) is 4.39. The van der Waals surface area contributed by atoms with E-state index < -0.39 is 4.92 Å². The lowest BCUT2D eigenvalue weighted by molar-refractivity contribution is -0.385. The first-order chi connectivity index (χ1) is 7.61. The Kier molecular flexibility index (Phi) is 3.11. The summed E-state index contributed by atoms with van der Waals surface area (Å²) in [5.74, 6) is 0. The molecule has 1 aromatic rings. The highest BCUT2D eigenvalue weighted by Crippen LogP contribution is 2.33. The van der Waals surface area contributed by atoms with Crippen LogP contribution in [0.4, 0.5) is 5.69 Å². The minimum absolute atomic E-state index is 0.0504. The summed E-state index contributed by atoms with van der Waals surface area (Å²) in [6.45, 7) is 2.22. The fourth-order valence-corrected chi connectivity index (χ4v) is 2.18. The molecule has 16 heavy (non-hydrogen) atoms. The van der Waals surface area contributed by atoms with Crippen LogP contribution < -0.4 is 0 Å². The summed E-state index contributed by atoms with van der Waals surface area (Å²) >= 11 is 5.94. The maximum absolute atomic E-state index is 10.8. The monoisotopic (exact) mass is 245 g/mol. The van der Waals surface area contributed by atoms with E-state index in [2.05, 4.69) is 5.10 Å². The lowest BCUT2D eigenvalue weighted by Gasteiger charge is -2.22. The molecule has 2 heterocycles. The van der Waals surface area contributed by atoms with Crippen LogP contribution in [-0.4, -0.2) is 21.3 Å². The van der Waals surface area contributed by atoms with E-state index in [1.165, 1.54) is 4.68 Å². The van der Waals surface area contributed by atoms with Crippen LogP contribution in [-0.2, 0) is 4.74 Å². The molecule has 2 rings (SSSR count). The molecule has 1 aromatic heterocycles. The lowest BCUT2D eigenvalue weighted by atomic mass is 10.2. The van der Waals surface area contributed by atoms with Gasteiger partial charge in [-0.2, -0.15) is 5.10 Å². The quantitative estimate of drug-likeness (QED) is 0.593. The number of ether oxygens (including phenoxy) is 1. The van der Waals surface area contributed by atoms with Gasteiger partial charge in [0.1, 0.15) is 5.69 Å². The Labute approximate surface area is 97.3 Å². The van der Waals surface area contributed by atoms with Crippen molar-refractivity contribution in [2.45, 2.75) is 32.4 Å². The van der Waals surface area contributed by atoms with Crippen molar-refractivity contribution in [3.8, 4) is 0 Å². The van der Waals surface area contributed by atoms with Crippen molar-refractivity contribution in [1.82, 2.24) is 9.78 Å². The number of nitro groups is 1.